The van der Waals surface area contributed by atoms with Gasteiger partial charge in [-0.25, -0.2) is 0 Å². The minimum atomic E-state index is 0. The SMILES string of the molecule is [Li+].[S-2].[S]=[Ge].[Si+2]=S. The van der Waals surface area contributed by atoms with Gasteiger partial charge in [0, 0.05) is 0 Å². The molecule has 0 fully saturated rings. The molecule has 0 saturated heterocycles. The summed E-state index contributed by atoms with van der Waals surface area (Å²) in [5.41, 5.74) is 0. The molecule has 0 aromatic carbocycles. The van der Waals surface area contributed by atoms with Gasteiger partial charge in [-0.2, -0.15) is 0 Å². The summed E-state index contributed by atoms with van der Waals surface area (Å²) in [5.74, 6) is 0. The van der Waals surface area contributed by atoms with Gasteiger partial charge in [0.15, 0.2) is 0 Å². The maximum absolute atomic E-state index is 4.08. The van der Waals surface area contributed by atoms with Gasteiger partial charge in [-0.05, 0) is 0 Å². The summed E-state index contributed by atoms with van der Waals surface area (Å²) in [6.45, 7) is 0. The molecule has 0 bridgehead atoms. The first kappa shape index (κ1) is 24.2. The van der Waals surface area contributed by atoms with Gasteiger partial charge in [-0.3, -0.25) is 0 Å². The van der Waals surface area contributed by atoms with E-state index in [1.165, 1.54) is 0 Å². The first-order chi connectivity index (χ1) is 2.00. The average molecular weight is 204 g/mol. The van der Waals surface area contributed by atoms with Crippen LogP contribution in [0, 0.1) is 0 Å². The van der Waals surface area contributed by atoms with Crippen LogP contribution in [-0.4, -0.2) is 23.8 Å². The van der Waals surface area contributed by atoms with Crippen molar-refractivity contribution < 1.29 is 18.9 Å². The molecule has 0 aromatic rings. The van der Waals surface area contributed by atoms with E-state index in [1.54, 1.807) is 14.9 Å². The van der Waals surface area contributed by atoms with Crippen LogP contribution in [0.1, 0.15) is 0 Å². The first-order valence-corrected chi connectivity index (χ1v) is 5.02. The quantitative estimate of drug-likeness (QED) is 0.401. The molecule has 0 rings (SSSR count). The van der Waals surface area contributed by atoms with Crippen molar-refractivity contribution in [2.24, 2.45) is 0 Å². The fourth-order valence-electron chi connectivity index (χ4n) is 0. The molecule has 0 heterocycles. The Hall–Kier alpha value is 2.15. The second kappa shape index (κ2) is 58.6. The Morgan fingerprint density at radius 2 is 1.17 bits per heavy atom. The minimum absolute atomic E-state index is 0. The van der Waals surface area contributed by atoms with Crippen LogP contribution >= 0.6 is 22.1 Å². The van der Waals surface area contributed by atoms with Gasteiger partial charge >= 0.3 is 64.8 Å². The van der Waals surface area contributed by atoms with E-state index in [0.717, 1.165) is 0 Å². The third-order valence-corrected chi connectivity index (χ3v) is 0. The van der Waals surface area contributed by atoms with Gasteiger partial charge in [-0.1, -0.05) is 0 Å². The van der Waals surface area contributed by atoms with Crippen molar-refractivity contribution in [3.8, 4) is 0 Å². The van der Waals surface area contributed by atoms with Crippen molar-refractivity contribution in [3.63, 3.8) is 0 Å². The van der Waals surface area contributed by atoms with Gasteiger partial charge < -0.3 is 13.5 Å². The van der Waals surface area contributed by atoms with Gasteiger partial charge in [0.05, 0.1) is 0 Å². The zero-order chi connectivity index (χ0) is 4.00. The normalized spacial score (nSPS) is 1.67. The zero-order valence-electron chi connectivity index (χ0n) is 3.22. The van der Waals surface area contributed by atoms with E-state index in [9.17, 15) is 0 Å². The third kappa shape index (κ3) is 35.3. The molecule has 2 radical (unpaired) electrons. The van der Waals surface area contributed by atoms with Crippen molar-refractivity contribution in [2.45, 2.75) is 0 Å². The monoisotopic (exact) mass is 205 g/mol. The number of hydrogen-bond donors (Lipinski definition) is 0. The number of rotatable bonds is 0. The molecule has 0 nitrogen and oxygen atoms in total. The fraction of sp³-hybridized carbons (Fsp3) is 0. The van der Waals surface area contributed by atoms with Crippen molar-refractivity contribution in [1.82, 2.24) is 0 Å². The summed E-state index contributed by atoms with van der Waals surface area (Å²) < 4.78 is 0. The zero-order valence-corrected chi connectivity index (χ0v) is 8.77. The molecule has 0 aromatic heterocycles. The Balaban J connectivity index is -0.00000000500. The van der Waals surface area contributed by atoms with E-state index in [1.807, 2.05) is 0 Å². The molecule has 0 amide bonds. The number of hydrogen-bond acceptors (Lipinski definition) is 2. The molecule has 6 heavy (non-hydrogen) atoms. The molecule has 0 atom stereocenters. The molecule has 0 spiro atoms. The summed E-state index contributed by atoms with van der Waals surface area (Å²) in [4.78, 5) is 0. The van der Waals surface area contributed by atoms with Crippen molar-refractivity contribution in [1.29, 1.82) is 0 Å². The van der Waals surface area contributed by atoms with Gasteiger partial charge in [-0.15, -0.1) is 0 Å². The van der Waals surface area contributed by atoms with E-state index < -0.39 is 0 Å². The van der Waals surface area contributed by atoms with Gasteiger partial charge in [0.1, 0.15) is 0 Å². The molecular weight excluding hydrogens is 204 g/mol. The van der Waals surface area contributed by atoms with Crippen LogP contribution in [-0.2, 0) is 13.5 Å². The molecule has 0 saturated carbocycles. The Morgan fingerprint density at radius 3 is 1.17 bits per heavy atom. The van der Waals surface area contributed by atoms with E-state index in [2.05, 4.69) is 31.0 Å². The summed E-state index contributed by atoms with van der Waals surface area (Å²) >= 11 is 5.47. The Labute approximate surface area is 77.5 Å². The van der Waals surface area contributed by atoms with Crippen LogP contribution in [0.2, 0.25) is 0 Å². The molecular formula is GeLiS3Si+. The second-order valence-electron chi connectivity index (χ2n) is 0. The van der Waals surface area contributed by atoms with Crippen LogP contribution in [0.5, 0.6) is 0 Å². The topological polar surface area (TPSA) is 0 Å². The third-order valence-electron chi connectivity index (χ3n) is 0. The summed E-state index contributed by atoms with van der Waals surface area (Å²) in [6, 6.07) is 0. The van der Waals surface area contributed by atoms with Crippen LogP contribution in [0.15, 0.2) is 0 Å². The average Bonchev–Trinajstić information content (AvgIpc) is 1.50. The van der Waals surface area contributed by atoms with E-state index in [4.69, 9.17) is 0 Å². The molecule has 0 N–H and O–H groups in total. The molecule has 26 valence electrons. The predicted molar refractivity (Wildman–Crippen MR) is 34.1 cm³/mol. The summed E-state index contributed by atoms with van der Waals surface area (Å²) in [6.07, 6.45) is 0. The van der Waals surface area contributed by atoms with E-state index in [0.29, 0.717) is 0 Å². The molecule has 0 aliphatic carbocycles. The van der Waals surface area contributed by atoms with E-state index >= 15 is 0 Å². The van der Waals surface area contributed by atoms with Crippen LogP contribution < -0.4 is 18.9 Å². The fourth-order valence-corrected chi connectivity index (χ4v) is 0. The molecule has 6 heteroatoms. The summed E-state index contributed by atoms with van der Waals surface area (Å²) in [7, 11) is 6.64. The van der Waals surface area contributed by atoms with Gasteiger partial charge in [0.25, 0.3) is 0 Å². The Kier molecular flexibility index (Phi) is 236. The van der Waals surface area contributed by atoms with Crippen LogP contribution in [0.25, 0.3) is 0 Å². The standard InChI is InChI=1S/GeS.Li.SSi.S/c1-2;;1-2;/q;+1;+2;-2. The van der Waals surface area contributed by atoms with Gasteiger partial charge in [0.2, 0.25) is 0 Å². The predicted octanol–water partition coefficient (Wildman–Crippen LogP) is -2.46. The Bertz CT molecular complexity index is 12.8. The first-order valence-electron chi connectivity index (χ1n) is 0.408. The van der Waals surface area contributed by atoms with Crippen molar-refractivity contribution in [3.05, 3.63) is 0 Å². The maximum atomic E-state index is 4.08. The second-order valence-corrected chi connectivity index (χ2v) is 0. The molecule has 0 aliphatic heterocycles. The van der Waals surface area contributed by atoms with Crippen molar-refractivity contribution >= 4 is 59.4 Å². The molecule has 0 aliphatic rings. The van der Waals surface area contributed by atoms with Crippen LogP contribution in [0.4, 0.5) is 0 Å². The van der Waals surface area contributed by atoms with Crippen molar-refractivity contribution in [2.75, 3.05) is 0 Å². The van der Waals surface area contributed by atoms with E-state index in [-0.39, 0.29) is 32.4 Å². The van der Waals surface area contributed by atoms with Crippen LogP contribution in [0.3, 0.4) is 0 Å². The Morgan fingerprint density at radius 1 is 1.17 bits per heavy atom. The summed E-state index contributed by atoms with van der Waals surface area (Å²) in [5, 5.41) is 0. The molecule has 0 unspecified atom stereocenters.